The Morgan fingerprint density at radius 2 is 1.64 bits per heavy atom. The molecule has 330 valence electrons. The number of hydrogen-bond donors (Lipinski definition) is 4. The van der Waals surface area contributed by atoms with Crippen molar-refractivity contribution in [3.05, 3.63) is 78.4 Å². The number of aromatic nitrogens is 3. The zero-order chi connectivity index (χ0) is 42.6. The van der Waals surface area contributed by atoms with Gasteiger partial charge in [0.25, 0.3) is 5.91 Å². The fraction of sp³-hybridized carbons (Fsp3) is 0.415. The number of imidazole rings is 1. The maximum Gasteiger partial charge on any atom is 0.573 e. The predicted molar refractivity (Wildman–Crippen MR) is 228 cm³/mol. The number of halogens is 5. The molecule has 2 aliphatic heterocycles. The lowest BCUT2D eigenvalue weighted by Gasteiger charge is -2.44. The first-order valence-electron chi connectivity index (χ1n) is 19.3. The van der Waals surface area contributed by atoms with Gasteiger partial charge in [0.05, 0.1) is 24.4 Å². The van der Waals surface area contributed by atoms with Crippen molar-refractivity contribution in [3.63, 3.8) is 0 Å². The molecular formula is C41H50Cl2F3N9O6. The molecular weight excluding hydrogens is 842 g/mol. The Morgan fingerprint density at radius 3 is 2.26 bits per heavy atom. The number of likely N-dealkylation sites (tertiary alicyclic amines) is 1. The number of rotatable bonds is 10. The zero-order valence-corrected chi connectivity index (χ0v) is 36.0. The number of carbonyl (C=O) groups is 4. The van der Waals surface area contributed by atoms with Gasteiger partial charge in [0.1, 0.15) is 23.4 Å². The third kappa shape index (κ3) is 11.2. The second kappa shape index (κ2) is 20.2. The molecule has 2 saturated heterocycles. The Balaban J connectivity index is 0.00000410. The summed E-state index contributed by atoms with van der Waals surface area (Å²) in [5.74, 6) is -0.310. The van der Waals surface area contributed by atoms with Crippen molar-refractivity contribution in [2.45, 2.75) is 71.1 Å². The third-order valence-electron chi connectivity index (χ3n) is 10.6. The van der Waals surface area contributed by atoms with Crippen molar-refractivity contribution in [1.29, 1.82) is 0 Å². The fourth-order valence-electron chi connectivity index (χ4n) is 7.48. The molecule has 5 amide bonds. The highest BCUT2D eigenvalue weighted by atomic mass is 35.5. The number of aromatic amines is 1. The Hall–Kier alpha value is -5.75. The Morgan fingerprint density at radius 1 is 0.934 bits per heavy atom. The number of piperazine rings is 1. The molecule has 20 heteroatoms. The molecule has 0 bridgehead atoms. The van der Waals surface area contributed by atoms with Crippen molar-refractivity contribution in [3.8, 4) is 28.1 Å². The number of ether oxygens (including phenoxy) is 2. The smallest absolute Gasteiger partial charge is 0.453 e. The summed E-state index contributed by atoms with van der Waals surface area (Å²) >= 11 is 0. The first kappa shape index (κ1) is 47.9. The van der Waals surface area contributed by atoms with Crippen molar-refractivity contribution in [2.75, 3.05) is 44.0 Å². The maximum absolute atomic E-state index is 13.7. The molecule has 0 radical (unpaired) electrons. The Kier molecular flexibility index (Phi) is 15.9. The molecule has 4 N–H and O–H groups in total. The lowest BCUT2D eigenvalue weighted by Crippen LogP contribution is -2.60. The predicted octanol–water partition coefficient (Wildman–Crippen LogP) is 7.42. The highest BCUT2D eigenvalue weighted by Crippen LogP contribution is 2.38. The average molecular weight is 893 g/mol. The number of alkyl carbamates (subject to hydrolysis) is 1. The highest BCUT2D eigenvalue weighted by molar-refractivity contribution is 6.04. The lowest BCUT2D eigenvalue weighted by atomic mass is 10.0. The van der Waals surface area contributed by atoms with Crippen LogP contribution in [0.25, 0.3) is 22.4 Å². The zero-order valence-electron chi connectivity index (χ0n) is 34.4. The highest BCUT2D eigenvalue weighted by Gasteiger charge is 2.38. The van der Waals surface area contributed by atoms with Crippen LogP contribution in [-0.2, 0) is 9.53 Å². The summed E-state index contributed by atoms with van der Waals surface area (Å²) in [4.78, 5) is 68.8. The number of alkyl halides is 3. The van der Waals surface area contributed by atoms with Gasteiger partial charge in [-0.15, -0.1) is 38.0 Å². The van der Waals surface area contributed by atoms with Crippen LogP contribution in [-0.4, -0.2) is 107 Å². The molecule has 2 aromatic heterocycles. The molecule has 2 aliphatic rings. The minimum Gasteiger partial charge on any atom is -0.453 e. The van der Waals surface area contributed by atoms with Crippen LogP contribution < -0.4 is 25.6 Å². The van der Waals surface area contributed by atoms with Gasteiger partial charge in [-0.05, 0) is 62.4 Å². The van der Waals surface area contributed by atoms with E-state index in [2.05, 4.69) is 35.6 Å². The molecule has 0 saturated carbocycles. The molecule has 4 aromatic rings. The van der Waals surface area contributed by atoms with E-state index in [4.69, 9.17) is 9.72 Å². The van der Waals surface area contributed by atoms with E-state index < -0.39 is 30.2 Å². The summed E-state index contributed by atoms with van der Waals surface area (Å²) in [6, 6.07) is 12.7. The lowest BCUT2D eigenvalue weighted by molar-refractivity contribution is -0.274. The Bertz CT molecular complexity index is 2160. The summed E-state index contributed by atoms with van der Waals surface area (Å²) in [5.41, 5.74) is 2.08. The number of amides is 5. The summed E-state index contributed by atoms with van der Waals surface area (Å²) in [7, 11) is 2.83. The minimum absolute atomic E-state index is 0. The maximum atomic E-state index is 13.7. The number of carbonyl (C=O) groups excluding carboxylic acids is 4. The first-order valence-corrected chi connectivity index (χ1v) is 19.3. The van der Waals surface area contributed by atoms with Gasteiger partial charge in [0.15, 0.2) is 0 Å². The second-order valence-corrected chi connectivity index (χ2v) is 15.0. The number of nitrogens with zero attached hydrogens (tertiary/aromatic N) is 5. The number of benzene rings is 2. The van der Waals surface area contributed by atoms with Crippen molar-refractivity contribution in [1.82, 2.24) is 35.4 Å². The quantitative estimate of drug-likeness (QED) is 0.126. The number of urea groups is 1. The number of methoxy groups -OCH3 is 1. The molecule has 2 fully saturated rings. The van der Waals surface area contributed by atoms with E-state index in [0.29, 0.717) is 54.5 Å². The summed E-state index contributed by atoms with van der Waals surface area (Å²) in [6.45, 7) is 9.12. The number of H-pyrrole nitrogens is 1. The molecule has 2 aromatic carbocycles. The van der Waals surface area contributed by atoms with E-state index in [0.717, 1.165) is 12.5 Å². The normalized spacial score (nSPS) is 18.1. The van der Waals surface area contributed by atoms with Crippen LogP contribution in [0.5, 0.6) is 5.75 Å². The molecule has 0 spiro atoms. The van der Waals surface area contributed by atoms with Gasteiger partial charge < -0.3 is 45.1 Å². The molecule has 0 aliphatic carbocycles. The van der Waals surface area contributed by atoms with Gasteiger partial charge in [-0.2, -0.15) is 0 Å². The van der Waals surface area contributed by atoms with Crippen LogP contribution in [0.1, 0.15) is 62.8 Å². The van der Waals surface area contributed by atoms with Crippen LogP contribution in [0.2, 0.25) is 0 Å². The fourth-order valence-corrected chi connectivity index (χ4v) is 7.48. The molecule has 15 nitrogen and oxygen atoms in total. The van der Waals surface area contributed by atoms with E-state index in [1.807, 2.05) is 27.7 Å². The minimum atomic E-state index is -5.01. The average Bonchev–Trinajstić information content (AvgIpc) is 3.90. The van der Waals surface area contributed by atoms with Crippen LogP contribution >= 0.6 is 24.8 Å². The number of anilines is 2. The molecule has 6 rings (SSSR count). The SMILES string of the molecule is CNC(=O)N1C[C@@H](C)N(c2ccc(C(=O)Nc3ccc(-c4ccc(-c5c[nH]c([C@@H]6CCCN6C(=O)[C@@H](NC(=O)OC)C(C)C)n5)cc4)c(OC(F)(F)F)c3)cn2)C[C@@H]1C.Cl.Cl. The van der Waals surface area contributed by atoms with Crippen molar-refractivity contribution < 1.29 is 41.8 Å². The largest absolute Gasteiger partial charge is 0.573 e. The molecule has 4 atom stereocenters. The van der Waals surface area contributed by atoms with Crippen LogP contribution in [0.15, 0.2) is 67.0 Å². The third-order valence-corrected chi connectivity index (χ3v) is 10.6. The number of nitrogens with one attached hydrogen (secondary N) is 4. The van der Waals surface area contributed by atoms with Gasteiger partial charge in [0, 0.05) is 74.0 Å². The van der Waals surface area contributed by atoms with Crippen molar-refractivity contribution in [2.24, 2.45) is 5.92 Å². The van der Waals surface area contributed by atoms with Crippen molar-refractivity contribution >= 4 is 60.3 Å². The van der Waals surface area contributed by atoms with E-state index in [1.54, 1.807) is 59.4 Å². The van der Waals surface area contributed by atoms with Gasteiger partial charge in [0.2, 0.25) is 5.91 Å². The van der Waals surface area contributed by atoms with E-state index >= 15 is 0 Å². The number of hydrogen-bond acceptors (Lipinski definition) is 9. The Labute approximate surface area is 364 Å². The van der Waals surface area contributed by atoms with E-state index in [-0.39, 0.29) is 77.6 Å². The standard InChI is InChI=1S/C41H48F3N9O6.2ClH/c1-23(2)35(50-40(57)58-6)38(55)51-17-7-8-32(51)36-47-20-31(49-36)27-11-9-26(10-12-27)30-15-14-29(18-33(30)59-41(42,43)44)48-37(54)28-13-16-34(46-19-28)52-21-25(4)53(22-24(52)3)39(56)45-5;;/h9-16,18-20,23-25,32,35H,7-8,17,21-22H2,1-6H3,(H,45,56)(H,47,49)(H,48,54)(H,50,57);2*1H/t24-,25+,32+,35+;;/m1../s1. The second-order valence-electron chi connectivity index (χ2n) is 15.0. The van der Waals surface area contributed by atoms with E-state index in [9.17, 15) is 32.3 Å². The summed E-state index contributed by atoms with van der Waals surface area (Å²) < 4.78 is 50.1. The van der Waals surface area contributed by atoms with E-state index in [1.165, 1.54) is 25.4 Å². The van der Waals surface area contributed by atoms with Gasteiger partial charge in [-0.1, -0.05) is 38.1 Å². The number of pyridine rings is 1. The summed E-state index contributed by atoms with van der Waals surface area (Å²) in [6.07, 6.45) is -1.18. The summed E-state index contributed by atoms with van der Waals surface area (Å²) in [5, 5.41) is 7.93. The molecule has 61 heavy (non-hydrogen) atoms. The van der Waals surface area contributed by atoms with Gasteiger partial charge in [-0.3, -0.25) is 9.59 Å². The molecule has 4 heterocycles. The first-order chi connectivity index (χ1) is 28.1. The monoisotopic (exact) mass is 891 g/mol. The topological polar surface area (TPSA) is 174 Å². The molecule has 0 unspecified atom stereocenters. The van der Waals surface area contributed by atoms with Gasteiger partial charge >= 0.3 is 18.5 Å². The van der Waals surface area contributed by atoms with Crippen LogP contribution in [0, 0.1) is 5.92 Å². The van der Waals surface area contributed by atoms with Crippen LogP contribution in [0.4, 0.5) is 34.3 Å². The van der Waals surface area contributed by atoms with Crippen LogP contribution in [0.3, 0.4) is 0 Å². The van der Waals surface area contributed by atoms with Gasteiger partial charge in [-0.25, -0.2) is 19.6 Å².